The molecule has 0 atom stereocenters. The zero-order chi connectivity index (χ0) is 15.9. The Morgan fingerprint density at radius 2 is 0.760 bits per heavy atom. The first-order chi connectivity index (χ1) is 11.8. The standard InChI is InChI=1S/C20H14N4.Na/c1-2-14-10-16-5-6-18(23-16)12-20-8-7-19(24-20)11-17-4-3-15(22-17)9-13(1)21-14;/h1-12,21,24H;/q;+1. The van der Waals surface area contributed by atoms with Gasteiger partial charge in [-0.2, -0.15) is 0 Å². The summed E-state index contributed by atoms with van der Waals surface area (Å²) in [6.45, 7) is 0. The van der Waals surface area contributed by atoms with Crippen molar-refractivity contribution < 1.29 is 29.6 Å². The summed E-state index contributed by atoms with van der Waals surface area (Å²) in [4.78, 5) is 16.0. The molecule has 2 N–H and O–H groups in total. The Morgan fingerprint density at radius 1 is 0.480 bits per heavy atom. The summed E-state index contributed by atoms with van der Waals surface area (Å²) in [5.74, 6) is 0. The van der Waals surface area contributed by atoms with Gasteiger partial charge in [0, 0.05) is 22.1 Å². The molecule has 3 aromatic rings. The minimum Gasteiger partial charge on any atom is -0.355 e. The van der Waals surface area contributed by atoms with Crippen molar-refractivity contribution in [1.82, 2.24) is 19.9 Å². The van der Waals surface area contributed by atoms with Crippen molar-refractivity contribution in [2.24, 2.45) is 0 Å². The van der Waals surface area contributed by atoms with Gasteiger partial charge in [0.25, 0.3) is 0 Å². The Kier molecular flexibility index (Phi) is 4.17. The summed E-state index contributed by atoms with van der Waals surface area (Å²) >= 11 is 0. The summed E-state index contributed by atoms with van der Waals surface area (Å²) in [7, 11) is 0. The van der Waals surface area contributed by atoms with Gasteiger partial charge in [-0.05, 0) is 72.8 Å². The van der Waals surface area contributed by atoms with Crippen molar-refractivity contribution in [3.05, 3.63) is 71.3 Å². The van der Waals surface area contributed by atoms with Crippen LogP contribution in [0.1, 0.15) is 22.8 Å². The fraction of sp³-hybridized carbons (Fsp3) is 0. The zero-order valence-corrected chi connectivity index (χ0v) is 15.8. The fourth-order valence-corrected chi connectivity index (χ4v) is 2.94. The molecule has 0 fully saturated rings. The molecule has 5 heterocycles. The van der Waals surface area contributed by atoms with E-state index in [0.717, 1.165) is 44.8 Å². The fourth-order valence-electron chi connectivity index (χ4n) is 2.94. The van der Waals surface area contributed by atoms with Gasteiger partial charge in [0.05, 0.1) is 22.8 Å². The van der Waals surface area contributed by atoms with Gasteiger partial charge in [-0.3, -0.25) is 0 Å². The van der Waals surface area contributed by atoms with E-state index in [4.69, 9.17) is 0 Å². The molecule has 2 aliphatic rings. The number of hydrogen-bond acceptors (Lipinski definition) is 2. The predicted molar refractivity (Wildman–Crippen MR) is 98.9 cm³/mol. The molecule has 114 valence electrons. The molecular formula is C20H14N4Na+. The predicted octanol–water partition coefficient (Wildman–Crippen LogP) is 1.66. The monoisotopic (exact) mass is 333 g/mol. The molecule has 8 bridgehead atoms. The van der Waals surface area contributed by atoms with Gasteiger partial charge in [-0.1, -0.05) is 0 Å². The summed E-state index contributed by atoms with van der Waals surface area (Å²) in [6, 6.07) is 16.4. The molecule has 0 saturated carbocycles. The van der Waals surface area contributed by atoms with Crippen LogP contribution in [0, 0.1) is 0 Å². The zero-order valence-electron chi connectivity index (χ0n) is 13.8. The van der Waals surface area contributed by atoms with E-state index in [-0.39, 0.29) is 29.6 Å². The first-order valence-corrected chi connectivity index (χ1v) is 7.85. The number of hydrogen-bond donors (Lipinski definition) is 2. The number of nitrogens with zero attached hydrogens (tertiary/aromatic N) is 2. The van der Waals surface area contributed by atoms with E-state index in [0.29, 0.717) is 0 Å². The second-order valence-electron chi connectivity index (χ2n) is 5.91. The molecule has 0 aliphatic carbocycles. The van der Waals surface area contributed by atoms with Crippen molar-refractivity contribution in [2.45, 2.75) is 0 Å². The van der Waals surface area contributed by atoms with Gasteiger partial charge >= 0.3 is 29.6 Å². The van der Waals surface area contributed by atoms with Crippen molar-refractivity contribution in [3.63, 3.8) is 0 Å². The molecule has 0 amide bonds. The largest absolute Gasteiger partial charge is 1.00 e. The van der Waals surface area contributed by atoms with Crippen LogP contribution in [0.4, 0.5) is 0 Å². The molecule has 3 aromatic heterocycles. The van der Waals surface area contributed by atoms with Crippen molar-refractivity contribution in [2.75, 3.05) is 0 Å². The molecule has 2 aliphatic heterocycles. The van der Waals surface area contributed by atoms with Crippen LogP contribution in [0.2, 0.25) is 0 Å². The van der Waals surface area contributed by atoms with Crippen molar-refractivity contribution in [3.8, 4) is 0 Å². The third kappa shape index (κ3) is 3.37. The third-order valence-corrected chi connectivity index (χ3v) is 4.04. The van der Waals surface area contributed by atoms with E-state index in [1.54, 1.807) is 0 Å². The summed E-state index contributed by atoms with van der Waals surface area (Å²) in [6.07, 6.45) is 8.09. The van der Waals surface area contributed by atoms with Crippen LogP contribution in [-0.2, 0) is 0 Å². The topological polar surface area (TPSA) is 57.4 Å². The number of aromatic amines is 2. The van der Waals surface area contributed by atoms with Gasteiger partial charge in [0.1, 0.15) is 0 Å². The maximum absolute atomic E-state index is 4.63. The number of fused-ring (bicyclic) bond motifs is 8. The Balaban J connectivity index is 0.00000157. The quantitative estimate of drug-likeness (QED) is 0.424. The van der Waals surface area contributed by atoms with Gasteiger partial charge in [0.15, 0.2) is 0 Å². The van der Waals surface area contributed by atoms with Crippen LogP contribution in [0.5, 0.6) is 0 Å². The molecule has 5 rings (SSSR count). The average molecular weight is 333 g/mol. The van der Waals surface area contributed by atoms with E-state index >= 15 is 0 Å². The van der Waals surface area contributed by atoms with Crippen LogP contribution < -0.4 is 29.6 Å². The minimum atomic E-state index is 0. The van der Waals surface area contributed by atoms with E-state index in [1.807, 2.05) is 48.6 Å². The summed E-state index contributed by atoms with van der Waals surface area (Å²) in [5, 5.41) is 0. The van der Waals surface area contributed by atoms with Crippen LogP contribution >= 0.6 is 0 Å². The molecule has 0 radical (unpaired) electrons. The first kappa shape index (κ1) is 16.1. The normalized spacial score (nSPS) is 12.2. The van der Waals surface area contributed by atoms with E-state index in [9.17, 15) is 0 Å². The Labute approximate surface area is 166 Å². The Morgan fingerprint density at radius 3 is 1.04 bits per heavy atom. The van der Waals surface area contributed by atoms with E-state index in [1.165, 1.54) is 0 Å². The second kappa shape index (κ2) is 6.48. The molecule has 25 heavy (non-hydrogen) atoms. The average Bonchev–Trinajstić information content (AvgIpc) is 3.32. The van der Waals surface area contributed by atoms with Crippen LogP contribution in [0.3, 0.4) is 0 Å². The van der Waals surface area contributed by atoms with Crippen LogP contribution in [0.25, 0.3) is 46.4 Å². The molecular weight excluding hydrogens is 319 g/mol. The SMILES string of the molecule is C1=Cc2cc3ccc(cc4nc(cc5ccc(cc1n2)[nH]5)C=C4)[nH]3.[Na+]. The van der Waals surface area contributed by atoms with Gasteiger partial charge in [0.2, 0.25) is 0 Å². The van der Waals surface area contributed by atoms with Gasteiger partial charge in [-0.25, -0.2) is 9.97 Å². The molecule has 0 spiro atoms. The van der Waals surface area contributed by atoms with E-state index < -0.39 is 0 Å². The smallest absolute Gasteiger partial charge is 0.355 e. The number of H-pyrrole nitrogens is 2. The van der Waals surface area contributed by atoms with Gasteiger partial charge in [-0.15, -0.1) is 0 Å². The molecule has 4 nitrogen and oxygen atoms in total. The second-order valence-corrected chi connectivity index (χ2v) is 5.91. The van der Waals surface area contributed by atoms with Crippen LogP contribution in [-0.4, -0.2) is 19.9 Å². The number of rotatable bonds is 0. The van der Waals surface area contributed by atoms with E-state index in [2.05, 4.69) is 44.2 Å². The molecule has 5 heteroatoms. The Hall–Kier alpha value is -2.40. The molecule has 0 aromatic carbocycles. The third-order valence-electron chi connectivity index (χ3n) is 4.04. The van der Waals surface area contributed by atoms with Crippen LogP contribution in [0.15, 0.2) is 48.5 Å². The molecule has 0 unspecified atom stereocenters. The minimum absolute atomic E-state index is 0. The Bertz CT molecular complexity index is 990. The number of nitrogens with one attached hydrogen (secondary N) is 2. The first-order valence-electron chi connectivity index (χ1n) is 7.85. The summed E-state index contributed by atoms with van der Waals surface area (Å²) in [5.41, 5.74) is 7.86. The maximum atomic E-state index is 4.63. The maximum Gasteiger partial charge on any atom is 1.00 e. The van der Waals surface area contributed by atoms with Gasteiger partial charge < -0.3 is 9.97 Å². The summed E-state index contributed by atoms with van der Waals surface area (Å²) < 4.78 is 0. The van der Waals surface area contributed by atoms with Crippen molar-refractivity contribution >= 4 is 46.4 Å². The molecule has 0 saturated heterocycles. The number of aromatic nitrogens is 4. The van der Waals surface area contributed by atoms with Crippen molar-refractivity contribution in [1.29, 1.82) is 0 Å².